The molecule has 0 N–H and O–H groups in total. The lowest BCUT2D eigenvalue weighted by atomic mass is 9.96. The predicted molar refractivity (Wildman–Crippen MR) is 677 cm³/mol. The Hall–Kier alpha value is -10.4. The van der Waals surface area contributed by atoms with E-state index in [-0.39, 0.29) is 0 Å². The van der Waals surface area contributed by atoms with Gasteiger partial charge in [-0.2, -0.15) is 0 Å². The van der Waals surface area contributed by atoms with Gasteiger partial charge in [0.05, 0.1) is 35.5 Å². The number of methoxy groups -OCH3 is 5. The first-order chi connectivity index (χ1) is 69.7. The summed E-state index contributed by atoms with van der Waals surface area (Å²) in [5.41, 5.74) is 38.6. The number of aryl methyl sites for hydroxylation is 16. The first-order valence-corrected chi connectivity index (χ1v) is 56.4. The van der Waals surface area contributed by atoms with Gasteiger partial charge in [0.25, 0.3) is 0 Å². The Labute approximate surface area is 928 Å². The molecule has 0 aliphatic heterocycles. The Morgan fingerprint density at radius 3 is 0.560 bits per heavy atom. The van der Waals surface area contributed by atoms with Gasteiger partial charge < -0.3 is 23.7 Å². The average Bonchev–Trinajstić information content (AvgIpc) is 0.843. The van der Waals surface area contributed by atoms with E-state index in [9.17, 15) is 0 Å². The number of hydrogen-bond acceptors (Lipinski definition) is 5. The standard InChI is InChI=1S/C11H16O2.3C11H16O.5C11H16.3C10H14.4C4H10/c1-8(2)10-7-9(12-3)5-6-11(10)13-4;2*1-8(2)10-7-9(3)5-6-11(10)12-4;1-8(2)10-6-5-9(3)7-11(10)12-4;3*1-8(2)11-6-5-9(3)7-10(11)4;2*1-8(2)11-7-9(3)5-6-10(11)4;1-8(2)10-6-4-5-9(3)7-10;2*1-8(2)10-7-5-4-6-9(10)3;4*1-4(2)3/h5-8H,1-4H3;3*5-8H,1-4H3;5*5-8H,1-4H3;3*4-8H,1-3H3;4*4H,1-3H3. The third-order valence-corrected chi connectivity index (χ3v) is 23.7. The summed E-state index contributed by atoms with van der Waals surface area (Å²) >= 11 is 0. The van der Waals surface area contributed by atoms with E-state index in [0.29, 0.717) is 71.0 Å². The van der Waals surface area contributed by atoms with Crippen LogP contribution in [-0.2, 0) is 0 Å². The molecule has 0 heterocycles. The van der Waals surface area contributed by atoms with Crippen molar-refractivity contribution in [2.24, 2.45) is 23.7 Å². The van der Waals surface area contributed by atoms with Gasteiger partial charge in [0.1, 0.15) is 28.7 Å². The summed E-state index contributed by atoms with van der Waals surface area (Å²) in [6.45, 7) is 113. The molecule has 12 rings (SSSR count). The highest BCUT2D eigenvalue weighted by Crippen LogP contribution is 2.34. The van der Waals surface area contributed by atoms with Crippen molar-refractivity contribution >= 4 is 0 Å². The van der Waals surface area contributed by atoms with E-state index >= 15 is 0 Å². The fourth-order valence-electron chi connectivity index (χ4n) is 15.9. The summed E-state index contributed by atoms with van der Waals surface area (Å²) in [6, 6.07) is 83.8. The van der Waals surface area contributed by atoms with Crippen LogP contribution < -0.4 is 23.7 Å². The molecular formula is C145H226O5. The zero-order valence-corrected chi connectivity index (χ0v) is 107. The van der Waals surface area contributed by atoms with Crippen LogP contribution in [0, 0.1) is 134 Å². The maximum absolute atomic E-state index is 5.29. The van der Waals surface area contributed by atoms with E-state index in [1.807, 2.05) is 30.3 Å². The van der Waals surface area contributed by atoms with Crippen molar-refractivity contribution in [3.05, 3.63) is 392 Å². The summed E-state index contributed by atoms with van der Waals surface area (Å²) in [5.74, 6) is 15.4. The molecule has 0 amide bonds. The molecule has 150 heavy (non-hydrogen) atoms. The second-order valence-corrected chi connectivity index (χ2v) is 47.1. The second kappa shape index (κ2) is 80.5. The van der Waals surface area contributed by atoms with Crippen molar-refractivity contribution in [1.82, 2.24) is 0 Å². The molecular weight excluding hydrogens is 1820 g/mol. The summed E-state index contributed by atoms with van der Waals surface area (Å²) in [6.07, 6.45) is 0. The smallest absolute Gasteiger partial charge is 0.122 e. The van der Waals surface area contributed by atoms with Crippen LogP contribution >= 0.6 is 0 Å². The van der Waals surface area contributed by atoms with Crippen molar-refractivity contribution < 1.29 is 23.7 Å². The van der Waals surface area contributed by atoms with E-state index in [1.165, 1.54) is 156 Å². The SMILES string of the molecule is CC(C)C.CC(C)C.CC(C)C.CC(C)C.COc1cc(C)ccc1C(C)C.COc1ccc(C)cc1C(C)C.COc1ccc(C)cc1C(C)C.COc1ccc(OC)c(C(C)C)c1.Cc1ccc(C(C)C)c(C)c1.Cc1ccc(C(C)C)c(C)c1.Cc1ccc(C(C)C)c(C)c1.Cc1ccc(C)c(C(C)C)c1.Cc1ccc(C)c(C(C)C)c1.Cc1cccc(C(C)C)c1.Cc1ccccc1C(C)C.Cc1ccccc1C(C)C. The molecule has 0 aliphatic rings. The van der Waals surface area contributed by atoms with Crippen molar-refractivity contribution in [2.45, 2.75) is 431 Å². The fraction of sp³-hybridized carbons (Fsp3) is 0.503. The number of rotatable bonds is 17. The first kappa shape index (κ1) is 146. The second-order valence-electron chi connectivity index (χ2n) is 47.1. The Morgan fingerprint density at radius 2 is 0.340 bits per heavy atom. The average molecular weight is 2050 g/mol. The molecule has 0 aromatic heterocycles. The predicted octanol–water partition coefficient (Wildman–Crippen LogP) is 45.3. The molecule has 836 valence electrons. The van der Waals surface area contributed by atoms with Gasteiger partial charge in [0.2, 0.25) is 0 Å². The molecule has 5 nitrogen and oxygen atoms in total. The Balaban J connectivity index is -0.000000765. The minimum Gasteiger partial charge on any atom is -0.497 e. The molecule has 12 aromatic carbocycles. The van der Waals surface area contributed by atoms with Gasteiger partial charge >= 0.3 is 0 Å². The van der Waals surface area contributed by atoms with E-state index in [1.54, 1.807) is 35.5 Å². The molecule has 0 atom stereocenters. The topological polar surface area (TPSA) is 46.2 Å². The summed E-state index contributed by atoms with van der Waals surface area (Å²) in [7, 11) is 8.52. The van der Waals surface area contributed by atoms with Gasteiger partial charge in [-0.25, -0.2) is 0 Å². The highest BCUT2D eigenvalue weighted by Gasteiger charge is 2.14. The quantitative estimate of drug-likeness (QED) is 0.0909. The zero-order valence-electron chi connectivity index (χ0n) is 107. The van der Waals surface area contributed by atoms with Crippen LogP contribution in [0.1, 0.15) is 476 Å². The lowest BCUT2D eigenvalue weighted by Crippen LogP contribution is -1.95. The highest BCUT2D eigenvalue weighted by atomic mass is 16.5. The van der Waals surface area contributed by atoms with Crippen molar-refractivity contribution in [3.8, 4) is 28.7 Å². The molecule has 0 unspecified atom stereocenters. The van der Waals surface area contributed by atoms with E-state index in [0.717, 1.165) is 52.4 Å². The molecule has 0 spiro atoms. The first-order valence-electron chi connectivity index (χ1n) is 56.4. The minimum atomic E-state index is 0.449. The van der Waals surface area contributed by atoms with Crippen molar-refractivity contribution in [2.75, 3.05) is 35.5 Å². The normalized spacial score (nSPS) is 10.3. The van der Waals surface area contributed by atoms with Gasteiger partial charge in [-0.1, -0.05) is 494 Å². The molecule has 5 heteroatoms. The zero-order chi connectivity index (χ0) is 116. The maximum atomic E-state index is 5.29. The molecule has 12 aromatic rings. The Kier molecular flexibility index (Phi) is 78.3. The summed E-state index contributed by atoms with van der Waals surface area (Å²) in [4.78, 5) is 0. The fourth-order valence-corrected chi connectivity index (χ4v) is 15.9. The Morgan fingerprint density at radius 1 is 0.133 bits per heavy atom. The van der Waals surface area contributed by atoms with Crippen molar-refractivity contribution in [1.29, 1.82) is 0 Å². The van der Waals surface area contributed by atoms with E-state index < -0.39 is 0 Å². The lowest BCUT2D eigenvalue weighted by molar-refractivity contribution is 0.397. The maximum Gasteiger partial charge on any atom is 0.122 e. The van der Waals surface area contributed by atoms with Crippen LogP contribution in [0.25, 0.3) is 0 Å². The largest absolute Gasteiger partial charge is 0.497 e. The molecule has 0 fully saturated rings. The van der Waals surface area contributed by atoms with Crippen LogP contribution in [0.2, 0.25) is 0 Å². The van der Waals surface area contributed by atoms with Crippen LogP contribution in [0.15, 0.2) is 237 Å². The number of hydrogen-bond donors (Lipinski definition) is 0. The molecule has 0 saturated carbocycles. The molecule has 0 aliphatic carbocycles. The van der Waals surface area contributed by atoms with Crippen LogP contribution in [0.5, 0.6) is 28.7 Å². The minimum absolute atomic E-state index is 0.449. The van der Waals surface area contributed by atoms with Crippen LogP contribution in [0.4, 0.5) is 0 Å². The van der Waals surface area contributed by atoms with E-state index in [2.05, 4.69) is 566 Å². The van der Waals surface area contributed by atoms with Crippen LogP contribution in [0.3, 0.4) is 0 Å². The van der Waals surface area contributed by atoms with Gasteiger partial charge in [-0.3, -0.25) is 0 Å². The van der Waals surface area contributed by atoms with E-state index in [4.69, 9.17) is 23.7 Å². The monoisotopic (exact) mass is 2050 g/mol. The van der Waals surface area contributed by atoms with Gasteiger partial charge in [0.15, 0.2) is 0 Å². The van der Waals surface area contributed by atoms with Crippen LogP contribution in [-0.4, -0.2) is 35.5 Å². The molecule has 0 saturated heterocycles. The summed E-state index contributed by atoms with van der Waals surface area (Å²) in [5, 5.41) is 0. The van der Waals surface area contributed by atoms with Gasteiger partial charge in [-0.05, 0) is 348 Å². The number of benzene rings is 12. The Bertz CT molecular complexity index is 5200. The molecule has 0 radical (unpaired) electrons. The number of ether oxygens (including phenoxy) is 5. The van der Waals surface area contributed by atoms with Gasteiger partial charge in [-0.15, -0.1) is 0 Å². The van der Waals surface area contributed by atoms with Gasteiger partial charge in [0, 0.05) is 5.56 Å². The summed E-state index contributed by atoms with van der Waals surface area (Å²) < 4.78 is 26.2. The third-order valence-electron chi connectivity index (χ3n) is 23.7. The highest BCUT2D eigenvalue weighted by molar-refractivity contribution is 5.45. The third kappa shape index (κ3) is 66.5. The molecule has 0 bridgehead atoms. The lowest BCUT2D eigenvalue weighted by Gasteiger charge is -2.12. The van der Waals surface area contributed by atoms with Crippen molar-refractivity contribution in [3.63, 3.8) is 0 Å².